The number of furan rings is 1. The average Bonchev–Trinajstić information content (AvgIpc) is 3.97. The van der Waals surface area contributed by atoms with Crippen molar-refractivity contribution in [1.82, 2.24) is 9.97 Å². The molecule has 8 rings (SSSR count). The van der Waals surface area contributed by atoms with Gasteiger partial charge in [0.1, 0.15) is 5.58 Å². The second-order valence-electron chi connectivity index (χ2n) is 14.4. The number of fused-ring (bicyclic) bond motifs is 3. The molecule has 1 fully saturated rings. The molecular formula is C50H52IrN2O-2. The summed E-state index contributed by atoms with van der Waals surface area (Å²) in [6.07, 6.45) is 2.53. The fraction of sp³-hybridized carbons (Fsp3) is 0.320. The van der Waals surface area contributed by atoms with E-state index < -0.39 is 52.4 Å². The third kappa shape index (κ3) is 8.94. The number of aryl methyl sites for hydroxylation is 5. The van der Waals surface area contributed by atoms with E-state index in [4.69, 9.17) is 30.5 Å². The van der Waals surface area contributed by atoms with Crippen LogP contribution in [0.4, 0.5) is 0 Å². The van der Waals surface area contributed by atoms with Gasteiger partial charge in [-0.15, -0.1) is 53.6 Å². The van der Waals surface area contributed by atoms with E-state index in [2.05, 4.69) is 22.1 Å². The molecule has 1 saturated carbocycles. The molecule has 0 amide bonds. The number of benzene rings is 4. The molecule has 3 nitrogen and oxygen atoms in total. The van der Waals surface area contributed by atoms with Crippen molar-refractivity contribution in [2.24, 2.45) is 11.3 Å². The van der Waals surface area contributed by atoms with Crippen LogP contribution in [0, 0.1) is 57.7 Å². The van der Waals surface area contributed by atoms with Crippen molar-refractivity contribution in [3.63, 3.8) is 0 Å². The van der Waals surface area contributed by atoms with Gasteiger partial charge in [0, 0.05) is 63.9 Å². The molecule has 0 atom stereocenters. The zero-order valence-corrected chi connectivity index (χ0v) is 32.6. The molecule has 54 heavy (non-hydrogen) atoms. The second-order valence-corrected chi connectivity index (χ2v) is 14.4. The fourth-order valence-corrected chi connectivity index (χ4v) is 6.67. The van der Waals surface area contributed by atoms with E-state index >= 15 is 0 Å². The van der Waals surface area contributed by atoms with E-state index in [1.54, 1.807) is 30.3 Å². The summed E-state index contributed by atoms with van der Waals surface area (Å²) in [6.45, 7) is -7.35. The number of hydrogen-bond acceptors (Lipinski definition) is 3. The number of pyridine rings is 2. The molecular weight excluding hydrogens is 837 g/mol. The standard InChI is InChI=1S/C33H32NO.C17H20N.Ir/c1-20-14-22(3)32-30(15-20)27-10-7-11-28(33(27)35-32)31-18-29(23(4)19-34-31)26-13-12-25(16-21(26)2)17-24-8-5-6-9-24;1-13-5-8-15(9-6-13)16-10-7-14(12-18-16)11-17(2,3)4;/h7,10,12-16,18-19,24H,5-6,8-9,17H2,1-4H3;5-8,10,12H,11H2,1-4H3;/q2*-1;/i1D3,2D3,3D3,4D3,17D2;1D3,11D2;. The zero-order valence-electron chi connectivity index (χ0n) is 49.2. The second kappa shape index (κ2) is 16.6. The maximum atomic E-state index is 8.85. The normalized spacial score (nSPS) is 20.1. The van der Waals surface area contributed by atoms with Crippen molar-refractivity contribution in [1.29, 1.82) is 0 Å². The predicted molar refractivity (Wildman–Crippen MR) is 222 cm³/mol. The molecule has 1 aliphatic carbocycles. The van der Waals surface area contributed by atoms with E-state index in [0.717, 1.165) is 25.1 Å². The first-order valence-corrected chi connectivity index (χ1v) is 17.6. The summed E-state index contributed by atoms with van der Waals surface area (Å²) < 4.78 is 160. The Balaban J connectivity index is 0.000000304. The Labute approximate surface area is 362 Å². The van der Waals surface area contributed by atoms with E-state index in [1.165, 1.54) is 48.7 Å². The van der Waals surface area contributed by atoms with Crippen LogP contribution in [-0.4, -0.2) is 9.97 Å². The minimum atomic E-state index is -2.73. The van der Waals surface area contributed by atoms with Crippen LogP contribution in [0.25, 0.3) is 55.6 Å². The van der Waals surface area contributed by atoms with E-state index in [0.29, 0.717) is 35.0 Å². The fourth-order valence-electron chi connectivity index (χ4n) is 6.67. The molecule has 3 aromatic heterocycles. The minimum absolute atomic E-state index is 0. The first kappa shape index (κ1) is 21.6. The van der Waals surface area contributed by atoms with Gasteiger partial charge >= 0.3 is 0 Å². The molecule has 4 heteroatoms. The van der Waals surface area contributed by atoms with Crippen LogP contribution in [0.2, 0.25) is 0 Å². The van der Waals surface area contributed by atoms with Crippen molar-refractivity contribution in [3.8, 4) is 33.6 Å². The van der Waals surface area contributed by atoms with Crippen LogP contribution in [0.1, 0.15) is 111 Å². The number of hydrogen-bond donors (Lipinski definition) is 0. The molecule has 3 heterocycles. The first-order valence-electron chi connectivity index (χ1n) is 27.1. The van der Waals surface area contributed by atoms with E-state index in [-0.39, 0.29) is 98.3 Å². The zero-order chi connectivity index (χ0) is 53.4. The molecule has 1 radical (unpaired) electrons. The van der Waals surface area contributed by atoms with Crippen molar-refractivity contribution >= 4 is 21.9 Å². The van der Waals surface area contributed by atoms with Crippen LogP contribution in [0.5, 0.6) is 0 Å². The van der Waals surface area contributed by atoms with Crippen molar-refractivity contribution in [2.75, 3.05) is 0 Å². The molecule has 0 aliphatic heterocycles. The number of nitrogens with zero attached hydrogens (tertiary/aromatic N) is 2. The summed E-state index contributed by atoms with van der Waals surface area (Å²) in [7, 11) is 0. The summed E-state index contributed by atoms with van der Waals surface area (Å²) in [6, 6.07) is 25.3. The van der Waals surface area contributed by atoms with Gasteiger partial charge < -0.3 is 14.4 Å². The van der Waals surface area contributed by atoms with Crippen LogP contribution in [0.3, 0.4) is 0 Å². The van der Waals surface area contributed by atoms with Crippen LogP contribution < -0.4 is 0 Å². The third-order valence-corrected chi connectivity index (χ3v) is 9.10. The van der Waals surface area contributed by atoms with Gasteiger partial charge in [-0.3, -0.25) is 0 Å². The molecule has 1 aliphatic rings. The topological polar surface area (TPSA) is 38.9 Å². The smallest absolute Gasteiger partial charge is 0.123 e. The van der Waals surface area contributed by atoms with Crippen molar-refractivity contribution < 1.29 is 50.6 Å². The van der Waals surface area contributed by atoms with E-state index in [9.17, 15) is 0 Å². The molecule has 0 bridgehead atoms. The van der Waals surface area contributed by atoms with Gasteiger partial charge in [0.2, 0.25) is 0 Å². The van der Waals surface area contributed by atoms with Crippen LogP contribution in [0.15, 0.2) is 95.7 Å². The van der Waals surface area contributed by atoms with E-state index in [1.807, 2.05) is 20.8 Å². The van der Waals surface area contributed by atoms with Crippen molar-refractivity contribution in [3.05, 3.63) is 142 Å². The molecule has 0 N–H and O–H groups in total. The summed E-state index contributed by atoms with van der Waals surface area (Å²) in [5.41, 5.74) is 1.40. The first-order chi connectivity index (χ1) is 33.0. The molecule has 0 unspecified atom stereocenters. The Morgan fingerprint density at radius 1 is 0.722 bits per heavy atom. The van der Waals surface area contributed by atoms with Gasteiger partial charge in [0.25, 0.3) is 0 Å². The van der Waals surface area contributed by atoms with Crippen LogP contribution >= 0.6 is 0 Å². The monoisotopic (exact) mass is 908 g/mol. The Bertz CT molecular complexity index is 3100. The van der Waals surface area contributed by atoms with Crippen molar-refractivity contribution in [2.45, 2.75) is 93.5 Å². The van der Waals surface area contributed by atoms with Gasteiger partial charge in [-0.2, -0.15) is 0 Å². The Kier molecular flexibility index (Phi) is 6.64. The SMILES string of the molecule is [2H]C([2H])([2H])c1c[c-]c(-c2ccc(C([2H])([2H])C(C)(C)C)cn2)cc1.[2H]C([2H])([2H])c1cc(C([2H])([2H])[2H])c2oc3c(-c4cc(-c5ccc(C([2H])([2H])C6CCCC6)cc5C([2H])([2H])[2H])c(C([2H])([2H])[2H])cn4)[c-]ccc3c2c1.[Ir]. The summed E-state index contributed by atoms with van der Waals surface area (Å²) in [5, 5.41) is 0.631. The van der Waals surface area contributed by atoms with Gasteiger partial charge in [-0.25, -0.2) is 0 Å². The molecule has 4 aromatic carbocycles. The maximum absolute atomic E-state index is 8.85. The average molecular weight is 908 g/mol. The predicted octanol–water partition coefficient (Wildman–Crippen LogP) is 13.5. The maximum Gasteiger partial charge on any atom is 0.123 e. The largest absolute Gasteiger partial charge is 0.500 e. The summed E-state index contributed by atoms with van der Waals surface area (Å²) >= 11 is 0. The molecule has 0 saturated heterocycles. The number of rotatable bonds is 6. The molecule has 7 aromatic rings. The summed E-state index contributed by atoms with van der Waals surface area (Å²) in [5.74, 6) is -0.269. The van der Waals surface area contributed by atoms with Crippen LogP contribution in [-0.2, 0) is 32.9 Å². The minimum Gasteiger partial charge on any atom is -0.500 e. The third-order valence-electron chi connectivity index (χ3n) is 9.10. The van der Waals surface area contributed by atoms with Gasteiger partial charge in [0.05, 0.1) is 5.58 Å². The Hall–Kier alpha value is -4.37. The van der Waals surface area contributed by atoms with Gasteiger partial charge in [-0.05, 0) is 108 Å². The molecule has 0 spiro atoms. The Morgan fingerprint density at radius 2 is 1.52 bits per heavy atom. The Morgan fingerprint density at radius 3 is 2.22 bits per heavy atom. The molecule has 279 valence electrons. The summed E-state index contributed by atoms with van der Waals surface area (Å²) in [4.78, 5) is 8.71. The quantitative estimate of drug-likeness (QED) is 0.156. The van der Waals surface area contributed by atoms with Gasteiger partial charge in [-0.1, -0.05) is 112 Å². The van der Waals surface area contributed by atoms with Gasteiger partial charge in [0.15, 0.2) is 0 Å². The number of aromatic nitrogens is 2.